The molecule has 0 heterocycles. The highest BCUT2D eigenvalue weighted by atomic mass is 16.6. The molecule has 0 saturated heterocycles. The molecule has 8 nitrogen and oxygen atoms in total. The number of hydrogen-bond donors (Lipinski definition) is 0. The van der Waals surface area contributed by atoms with E-state index < -0.39 is 23.5 Å². The number of methoxy groups -OCH3 is 1. The SMILES string of the molecule is COC(=O)c1ccc(COC(=O)COc2ccccc2[N+](=O)[O-])cc1. The van der Waals surface area contributed by atoms with Crippen molar-refractivity contribution in [1.29, 1.82) is 0 Å². The van der Waals surface area contributed by atoms with Gasteiger partial charge in [0, 0.05) is 6.07 Å². The summed E-state index contributed by atoms with van der Waals surface area (Å²) in [7, 11) is 1.29. The van der Waals surface area contributed by atoms with Crippen LogP contribution in [-0.2, 0) is 20.9 Å². The van der Waals surface area contributed by atoms with Crippen LogP contribution in [-0.4, -0.2) is 30.6 Å². The van der Waals surface area contributed by atoms with E-state index in [2.05, 4.69) is 4.74 Å². The zero-order valence-corrected chi connectivity index (χ0v) is 13.3. The molecule has 0 unspecified atom stereocenters. The Kier molecular flexibility index (Phi) is 6.05. The topological polar surface area (TPSA) is 105 Å². The second kappa shape index (κ2) is 8.44. The molecule has 0 amide bonds. The second-order valence-corrected chi connectivity index (χ2v) is 4.86. The summed E-state index contributed by atoms with van der Waals surface area (Å²) in [5.41, 5.74) is 0.831. The number of nitro groups is 1. The fraction of sp³-hybridized carbons (Fsp3) is 0.176. The molecule has 0 N–H and O–H groups in total. The molecule has 2 aromatic carbocycles. The molecule has 8 heteroatoms. The van der Waals surface area contributed by atoms with Gasteiger partial charge in [-0.3, -0.25) is 10.1 Å². The molecule has 0 aromatic heterocycles. The molecule has 0 aliphatic rings. The van der Waals surface area contributed by atoms with E-state index in [1.165, 1.54) is 25.3 Å². The number of nitro benzene ring substituents is 1. The molecule has 0 aliphatic heterocycles. The van der Waals surface area contributed by atoms with Crippen molar-refractivity contribution in [3.63, 3.8) is 0 Å². The van der Waals surface area contributed by atoms with Crippen LogP contribution in [0.5, 0.6) is 5.75 Å². The fourth-order valence-electron chi connectivity index (χ4n) is 1.93. The third-order valence-electron chi connectivity index (χ3n) is 3.18. The van der Waals surface area contributed by atoms with Gasteiger partial charge in [-0.2, -0.15) is 0 Å². The summed E-state index contributed by atoms with van der Waals surface area (Å²) in [5.74, 6) is -1.14. The van der Waals surface area contributed by atoms with Gasteiger partial charge >= 0.3 is 17.6 Å². The third kappa shape index (κ3) is 5.03. The van der Waals surface area contributed by atoms with Gasteiger partial charge in [-0.15, -0.1) is 0 Å². The first-order valence-electron chi connectivity index (χ1n) is 7.20. The van der Waals surface area contributed by atoms with Crippen molar-refractivity contribution >= 4 is 17.6 Å². The van der Waals surface area contributed by atoms with Crippen LogP contribution < -0.4 is 4.74 Å². The average molecular weight is 345 g/mol. The van der Waals surface area contributed by atoms with Crippen molar-refractivity contribution < 1.29 is 28.7 Å². The van der Waals surface area contributed by atoms with Crippen LogP contribution in [0.1, 0.15) is 15.9 Å². The monoisotopic (exact) mass is 345 g/mol. The molecule has 0 spiro atoms. The lowest BCUT2D eigenvalue weighted by Crippen LogP contribution is -2.15. The lowest BCUT2D eigenvalue weighted by Gasteiger charge is -2.08. The maximum Gasteiger partial charge on any atom is 0.344 e. The quantitative estimate of drug-likeness (QED) is 0.431. The van der Waals surface area contributed by atoms with E-state index in [0.717, 1.165) is 0 Å². The Labute approximate surface area is 143 Å². The molecular formula is C17H15NO7. The number of para-hydroxylation sites is 2. The molecule has 2 aromatic rings. The fourth-order valence-corrected chi connectivity index (χ4v) is 1.93. The Morgan fingerprint density at radius 1 is 1.08 bits per heavy atom. The lowest BCUT2D eigenvalue weighted by molar-refractivity contribution is -0.385. The van der Waals surface area contributed by atoms with E-state index in [1.54, 1.807) is 30.3 Å². The molecule has 25 heavy (non-hydrogen) atoms. The molecule has 0 atom stereocenters. The number of nitrogens with zero attached hydrogens (tertiary/aromatic N) is 1. The Hall–Kier alpha value is -3.42. The molecule has 130 valence electrons. The van der Waals surface area contributed by atoms with Crippen LogP contribution in [0.4, 0.5) is 5.69 Å². The minimum Gasteiger partial charge on any atom is -0.475 e. The molecule has 2 rings (SSSR count). The molecule has 0 fully saturated rings. The first kappa shape index (κ1) is 17.9. The van der Waals surface area contributed by atoms with Gasteiger partial charge in [-0.25, -0.2) is 9.59 Å². The van der Waals surface area contributed by atoms with Gasteiger partial charge in [-0.1, -0.05) is 24.3 Å². The number of carbonyl (C=O) groups excluding carboxylic acids is 2. The van der Waals surface area contributed by atoms with Crippen LogP contribution in [0.25, 0.3) is 0 Å². The van der Waals surface area contributed by atoms with E-state index in [0.29, 0.717) is 11.1 Å². The predicted octanol–water partition coefficient (Wildman–Crippen LogP) is 2.50. The van der Waals surface area contributed by atoms with Crippen molar-refractivity contribution in [2.45, 2.75) is 6.61 Å². The summed E-state index contributed by atoms with van der Waals surface area (Å²) < 4.78 is 14.7. The Morgan fingerprint density at radius 3 is 2.40 bits per heavy atom. The zero-order valence-electron chi connectivity index (χ0n) is 13.3. The zero-order chi connectivity index (χ0) is 18.2. The van der Waals surface area contributed by atoms with E-state index in [9.17, 15) is 19.7 Å². The van der Waals surface area contributed by atoms with Gasteiger partial charge in [0.2, 0.25) is 0 Å². The summed E-state index contributed by atoms with van der Waals surface area (Å²) in [5, 5.41) is 10.9. The van der Waals surface area contributed by atoms with Gasteiger partial charge in [0.05, 0.1) is 17.6 Å². The van der Waals surface area contributed by atoms with Crippen LogP contribution >= 0.6 is 0 Å². The minimum absolute atomic E-state index is 0.00752. The van der Waals surface area contributed by atoms with Crippen molar-refractivity contribution in [2.24, 2.45) is 0 Å². The number of benzene rings is 2. The number of carbonyl (C=O) groups is 2. The molecular weight excluding hydrogens is 330 g/mol. The van der Waals surface area contributed by atoms with Crippen LogP contribution in [0.3, 0.4) is 0 Å². The Balaban J connectivity index is 1.85. The summed E-state index contributed by atoms with van der Waals surface area (Å²) in [6.07, 6.45) is 0. The highest BCUT2D eigenvalue weighted by molar-refractivity contribution is 5.89. The number of hydrogen-bond acceptors (Lipinski definition) is 7. The average Bonchev–Trinajstić information content (AvgIpc) is 2.64. The van der Waals surface area contributed by atoms with Gasteiger partial charge in [-0.05, 0) is 23.8 Å². The molecule has 0 saturated carbocycles. The predicted molar refractivity (Wildman–Crippen MR) is 86.2 cm³/mol. The maximum atomic E-state index is 11.7. The van der Waals surface area contributed by atoms with E-state index in [4.69, 9.17) is 9.47 Å². The molecule has 0 radical (unpaired) electrons. The second-order valence-electron chi connectivity index (χ2n) is 4.86. The van der Waals surface area contributed by atoms with Crippen LogP contribution in [0.2, 0.25) is 0 Å². The Morgan fingerprint density at radius 2 is 1.76 bits per heavy atom. The minimum atomic E-state index is -0.671. The van der Waals surface area contributed by atoms with Crippen molar-refractivity contribution in [2.75, 3.05) is 13.7 Å². The maximum absolute atomic E-state index is 11.7. The lowest BCUT2D eigenvalue weighted by atomic mass is 10.1. The number of rotatable bonds is 7. The van der Waals surface area contributed by atoms with E-state index in [1.807, 2.05) is 0 Å². The first-order chi connectivity index (χ1) is 12.0. The summed E-state index contributed by atoms with van der Waals surface area (Å²) in [6.45, 7) is -0.467. The van der Waals surface area contributed by atoms with Crippen molar-refractivity contribution in [3.8, 4) is 5.75 Å². The van der Waals surface area contributed by atoms with E-state index in [-0.39, 0.29) is 18.0 Å². The van der Waals surface area contributed by atoms with Crippen LogP contribution in [0, 0.1) is 10.1 Å². The number of ether oxygens (including phenoxy) is 3. The largest absolute Gasteiger partial charge is 0.475 e. The van der Waals surface area contributed by atoms with Gasteiger partial charge < -0.3 is 14.2 Å². The molecule has 0 bridgehead atoms. The first-order valence-corrected chi connectivity index (χ1v) is 7.20. The van der Waals surface area contributed by atoms with Crippen molar-refractivity contribution in [3.05, 3.63) is 69.8 Å². The smallest absolute Gasteiger partial charge is 0.344 e. The highest BCUT2D eigenvalue weighted by Gasteiger charge is 2.15. The van der Waals surface area contributed by atoms with Gasteiger partial charge in [0.15, 0.2) is 12.4 Å². The standard InChI is InChI=1S/C17H15NO7/c1-23-17(20)13-8-6-12(7-9-13)10-25-16(19)11-24-15-5-3-2-4-14(15)18(21)22/h2-9H,10-11H2,1H3. The third-order valence-corrected chi connectivity index (χ3v) is 3.18. The van der Waals surface area contributed by atoms with Gasteiger partial charge in [0.25, 0.3) is 0 Å². The number of esters is 2. The summed E-state index contributed by atoms with van der Waals surface area (Å²) >= 11 is 0. The normalized spacial score (nSPS) is 9.96. The summed E-state index contributed by atoms with van der Waals surface area (Å²) in [4.78, 5) is 33.3. The van der Waals surface area contributed by atoms with Crippen LogP contribution in [0.15, 0.2) is 48.5 Å². The highest BCUT2D eigenvalue weighted by Crippen LogP contribution is 2.25. The Bertz CT molecular complexity index is 771. The van der Waals surface area contributed by atoms with E-state index >= 15 is 0 Å². The molecule has 0 aliphatic carbocycles. The van der Waals surface area contributed by atoms with Crippen molar-refractivity contribution in [1.82, 2.24) is 0 Å². The summed E-state index contributed by atoms with van der Waals surface area (Å²) in [6, 6.07) is 12.1. The van der Waals surface area contributed by atoms with Gasteiger partial charge in [0.1, 0.15) is 6.61 Å².